The Bertz CT molecular complexity index is 2530. The third-order valence-corrected chi connectivity index (χ3v) is 15.7. The summed E-state index contributed by atoms with van der Waals surface area (Å²) >= 11 is 6.43. The number of piperidine rings is 1. The first-order valence-corrected chi connectivity index (χ1v) is 23.5. The molecular weight excluding hydrogens is 837 g/mol. The quantitative estimate of drug-likeness (QED) is 0.175. The fourth-order valence-corrected chi connectivity index (χ4v) is 12.2. The van der Waals surface area contributed by atoms with Gasteiger partial charge in [-0.2, -0.15) is 0 Å². The number of fused-ring (bicyclic) bond motifs is 4. The Hall–Kier alpha value is -5.32. The van der Waals surface area contributed by atoms with Crippen LogP contribution in [0.2, 0.25) is 5.02 Å². The third-order valence-electron chi connectivity index (χ3n) is 15.4. The second-order valence-electron chi connectivity index (χ2n) is 19.4. The zero-order chi connectivity index (χ0) is 43.9. The molecule has 0 radical (unpaired) electrons. The molecule has 3 N–H and O–H groups in total. The van der Waals surface area contributed by atoms with Crippen molar-refractivity contribution < 1.29 is 23.6 Å². The van der Waals surface area contributed by atoms with E-state index in [9.17, 15) is 19.2 Å². The number of benzene rings is 2. The summed E-state index contributed by atoms with van der Waals surface area (Å²) in [4.78, 5) is 66.2. The number of likely N-dealkylation sites (tertiary alicyclic amines) is 2. The van der Waals surface area contributed by atoms with E-state index in [1.807, 2.05) is 18.0 Å². The number of rotatable bonds is 10. The van der Waals surface area contributed by atoms with Gasteiger partial charge in [0.05, 0.1) is 22.6 Å². The molecule has 1 spiro atoms. The number of carbonyl (C=O) groups is 4. The van der Waals surface area contributed by atoms with Crippen molar-refractivity contribution in [1.82, 2.24) is 39.9 Å². The largest absolute Gasteiger partial charge is 0.385 e. The number of nitrogens with one attached hydrogen (secondary N) is 3. The summed E-state index contributed by atoms with van der Waals surface area (Å²) in [7, 11) is 1.87. The number of imidazole rings is 1. The first kappa shape index (κ1) is 41.4. The van der Waals surface area contributed by atoms with Crippen molar-refractivity contribution in [3.8, 4) is 0 Å². The summed E-state index contributed by atoms with van der Waals surface area (Å²) in [5, 5.41) is 14.0. The molecule has 64 heavy (non-hydrogen) atoms. The summed E-state index contributed by atoms with van der Waals surface area (Å²) in [6, 6.07) is 14.0. The third kappa shape index (κ3) is 7.34. The SMILES string of the molecule is CNc1cc(N2CCc3c(CN4C5CCC4CN(CC4(F)CC6(CCN(C(=O)c7ccc(Cl)c(N8CCC(=O)NC8=O)c7)CC6)C4)C5)cccc32)nn2c(C(=O)NC3CCC3)cnc12. The number of alkyl halides is 1. The lowest BCUT2D eigenvalue weighted by Gasteiger charge is -2.57. The van der Waals surface area contributed by atoms with Crippen LogP contribution in [0.5, 0.6) is 0 Å². The Morgan fingerprint density at radius 3 is 2.42 bits per heavy atom. The van der Waals surface area contributed by atoms with E-state index in [1.54, 1.807) is 28.9 Å². The molecule has 17 heteroatoms. The van der Waals surface area contributed by atoms with Gasteiger partial charge in [-0.1, -0.05) is 23.7 Å². The molecule has 4 aromatic rings. The standard InChI is InChI=1S/C47H55ClFN11O4/c1-50-36-21-40(54-60-39(22-51-42(36)60)43(62)52-31-5-3-6-31)57-16-12-34-30(4-2-7-37(34)57)23-59-32-9-10-33(59)25-55(24-32)28-47(49)26-46(27-47)14-18-56(19-15-46)44(63)29-8-11-35(48)38(20-29)58-17-13-41(61)53-45(58)64/h2,4,7-8,11,20-22,31-33,50H,3,5-6,9-10,12-19,23-28H2,1H3,(H,52,62)(H,53,61,64). The first-order chi connectivity index (χ1) is 30.9. The van der Waals surface area contributed by atoms with Crippen LogP contribution in [0.4, 0.5) is 32.1 Å². The molecule has 15 nitrogen and oxygen atoms in total. The summed E-state index contributed by atoms with van der Waals surface area (Å²) in [6.45, 7) is 5.17. The van der Waals surface area contributed by atoms with E-state index in [-0.39, 0.29) is 42.1 Å². The number of piperazine rings is 1. The lowest BCUT2D eigenvalue weighted by molar-refractivity contribution is -0.120. The van der Waals surface area contributed by atoms with Gasteiger partial charge < -0.3 is 20.4 Å². The van der Waals surface area contributed by atoms with Crippen molar-refractivity contribution in [2.24, 2.45) is 5.41 Å². The zero-order valence-electron chi connectivity index (χ0n) is 36.3. The molecule has 5 aliphatic heterocycles. The Kier molecular flexibility index (Phi) is 10.3. The fraction of sp³-hybridized carbons (Fsp3) is 0.532. The summed E-state index contributed by atoms with van der Waals surface area (Å²) < 4.78 is 18.3. The number of aromatic nitrogens is 3. The van der Waals surface area contributed by atoms with Gasteiger partial charge in [0.1, 0.15) is 5.67 Å². The highest BCUT2D eigenvalue weighted by Crippen LogP contribution is 2.57. The fourth-order valence-electron chi connectivity index (χ4n) is 12.0. The zero-order valence-corrected chi connectivity index (χ0v) is 37.0. The van der Waals surface area contributed by atoms with Crippen LogP contribution in [0, 0.1) is 5.41 Å². The number of nitrogens with zero attached hydrogens (tertiary/aromatic N) is 8. The molecule has 336 valence electrons. The normalized spacial score (nSPS) is 24.1. The minimum Gasteiger partial charge on any atom is -0.385 e. The molecule has 7 aliphatic rings. The van der Waals surface area contributed by atoms with E-state index in [4.69, 9.17) is 16.7 Å². The molecule has 6 fully saturated rings. The van der Waals surface area contributed by atoms with E-state index in [0.29, 0.717) is 72.2 Å². The minimum absolute atomic E-state index is 0.0847. The molecule has 2 aliphatic carbocycles. The van der Waals surface area contributed by atoms with Crippen molar-refractivity contribution in [3.63, 3.8) is 0 Å². The van der Waals surface area contributed by atoms with Crippen molar-refractivity contribution in [2.45, 2.75) is 101 Å². The van der Waals surface area contributed by atoms with Crippen LogP contribution in [0.1, 0.15) is 96.2 Å². The molecule has 2 aromatic carbocycles. The van der Waals surface area contributed by atoms with Gasteiger partial charge in [-0.15, -0.1) is 5.10 Å². The number of hydrogen-bond acceptors (Lipinski definition) is 10. The summed E-state index contributed by atoms with van der Waals surface area (Å²) in [6.07, 6.45) is 10.7. The van der Waals surface area contributed by atoms with Gasteiger partial charge in [0.25, 0.3) is 11.8 Å². The molecule has 2 saturated carbocycles. The van der Waals surface area contributed by atoms with Gasteiger partial charge in [0, 0.05) is 101 Å². The van der Waals surface area contributed by atoms with Crippen LogP contribution < -0.4 is 25.8 Å². The molecule has 11 rings (SSSR count). The summed E-state index contributed by atoms with van der Waals surface area (Å²) in [5.74, 6) is 0.155. The van der Waals surface area contributed by atoms with Crippen LogP contribution >= 0.6 is 11.6 Å². The minimum atomic E-state index is -1.22. The molecule has 2 unspecified atom stereocenters. The lowest BCUT2D eigenvalue weighted by Crippen LogP contribution is -2.61. The second-order valence-corrected chi connectivity index (χ2v) is 19.8. The van der Waals surface area contributed by atoms with Gasteiger partial charge in [0.15, 0.2) is 17.2 Å². The maximum atomic E-state index is 16.6. The molecule has 2 aromatic heterocycles. The average molecular weight is 892 g/mol. The van der Waals surface area contributed by atoms with E-state index in [2.05, 4.69) is 53.8 Å². The number of halogens is 2. The number of amides is 5. The van der Waals surface area contributed by atoms with Gasteiger partial charge >= 0.3 is 6.03 Å². The van der Waals surface area contributed by atoms with Crippen LogP contribution in [-0.2, 0) is 17.8 Å². The van der Waals surface area contributed by atoms with Crippen molar-refractivity contribution in [3.05, 3.63) is 76.1 Å². The average Bonchev–Trinajstić information content (AvgIpc) is 3.95. The van der Waals surface area contributed by atoms with E-state index in [0.717, 1.165) is 94.7 Å². The van der Waals surface area contributed by atoms with E-state index in [1.165, 1.54) is 16.0 Å². The number of urea groups is 1. The Balaban J connectivity index is 0.703. The van der Waals surface area contributed by atoms with Crippen molar-refractivity contribution >= 4 is 63.9 Å². The number of hydrogen-bond donors (Lipinski definition) is 3. The van der Waals surface area contributed by atoms with Gasteiger partial charge in [-0.3, -0.25) is 34.4 Å². The Morgan fingerprint density at radius 2 is 1.70 bits per heavy atom. The van der Waals surface area contributed by atoms with Gasteiger partial charge in [-0.25, -0.2) is 18.7 Å². The number of carbonyl (C=O) groups excluding carboxylic acids is 4. The number of imide groups is 1. The monoisotopic (exact) mass is 891 g/mol. The highest BCUT2D eigenvalue weighted by molar-refractivity contribution is 6.34. The molecule has 5 amide bonds. The van der Waals surface area contributed by atoms with Crippen LogP contribution in [0.15, 0.2) is 48.7 Å². The van der Waals surface area contributed by atoms with Crippen molar-refractivity contribution in [2.75, 3.05) is 68.0 Å². The summed E-state index contributed by atoms with van der Waals surface area (Å²) in [5.41, 5.74) is 5.22. The highest BCUT2D eigenvalue weighted by Gasteiger charge is 2.57. The Labute approximate surface area is 376 Å². The van der Waals surface area contributed by atoms with Gasteiger partial charge in [-0.05, 0) is 105 Å². The molecule has 7 heterocycles. The molecule has 2 atom stereocenters. The Morgan fingerprint density at radius 1 is 0.938 bits per heavy atom. The van der Waals surface area contributed by atoms with Gasteiger partial charge in [0.2, 0.25) is 5.91 Å². The highest BCUT2D eigenvalue weighted by atomic mass is 35.5. The molecular formula is C47H55ClFN11O4. The number of anilines is 4. The maximum absolute atomic E-state index is 16.6. The topological polar surface area (TPSA) is 151 Å². The first-order valence-electron chi connectivity index (χ1n) is 23.1. The van der Waals surface area contributed by atoms with E-state index < -0.39 is 11.7 Å². The predicted molar refractivity (Wildman–Crippen MR) is 241 cm³/mol. The smallest absolute Gasteiger partial charge is 0.328 e. The van der Waals surface area contributed by atoms with Crippen molar-refractivity contribution in [1.29, 1.82) is 0 Å². The van der Waals surface area contributed by atoms with Crippen LogP contribution in [0.25, 0.3) is 5.65 Å². The molecule has 4 saturated heterocycles. The predicted octanol–water partition coefficient (Wildman–Crippen LogP) is 5.92. The van der Waals surface area contributed by atoms with Crippen LogP contribution in [0.3, 0.4) is 0 Å². The molecule has 2 bridgehead atoms. The second kappa shape index (κ2) is 16.0. The van der Waals surface area contributed by atoms with Crippen LogP contribution in [-0.4, -0.2) is 130 Å². The lowest BCUT2D eigenvalue weighted by atomic mass is 9.55. The maximum Gasteiger partial charge on any atom is 0.328 e. The van der Waals surface area contributed by atoms with E-state index >= 15 is 4.39 Å².